The minimum absolute atomic E-state index is 0.517. The van der Waals surface area contributed by atoms with Gasteiger partial charge in [0.25, 0.3) is 0 Å². The van der Waals surface area contributed by atoms with Gasteiger partial charge in [0, 0.05) is 32.2 Å². The Morgan fingerprint density at radius 3 is 2.90 bits per heavy atom. The molecule has 1 unspecified atom stereocenters. The summed E-state index contributed by atoms with van der Waals surface area (Å²) in [6.45, 7) is 4.17. The number of rotatable bonds is 2. The molecule has 0 aromatic heterocycles. The summed E-state index contributed by atoms with van der Waals surface area (Å²) in [6, 6.07) is 0.517. The van der Waals surface area contributed by atoms with E-state index < -0.39 is 0 Å². The van der Waals surface area contributed by atoms with E-state index in [1.54, 1.807) is 0 Å². The van der Waals surface area contributed by atoms with Gasteiger partial charge >= 0.3 is 0 Å². The molecule has 1 radical (unpaired) electrons. The van der Waals surface area contributed by atoms with Crippen LogP contribution in [-0.2, 0) is 0 Å². The fourth-order valence-electron chi connectivity index (χ4n) is 1.20. The van der Waals surface area contributed by atoms with E-state index in [2.05, 4.69) is 29.6 Å². The van der Waals surface area contributed by atoms with Crippen molar-refractivity contribution in [3.8, 4) is 0 Å². The van der Waals surface area contributed by atoms with E-state index in [0.29, 0.717) is 6.04 Å². The van der Waals surface area contributed by atoms with Crippen molar-refractivity contribution in [2.75, 3.05) is 40.3 Å². The molecule has 1 aliphatic rings. The van der Waals surface area contributed by atoms with Gasteiger partial charge in [-0.3, -0.25) is 0 Å². The molecule has 59 valence electrons. The van der Waals surface area contributed by atoms with Crippen molar-refractivity contribution in [1.29, 1.82) is 0 Å². The van der Waals surface area contributed by atoms with Crippen molar-refractivity contribution in [1.82, 2.24) is 15.5 Å². The Bertz CT molecular complexity index is 86.9. The predicted octanol–water partition coefficient (Wildman–Crippen LogP) is -0.876. The third-order valence-corrected chi connectivity index (χ3v) is 1.63. The maximum atomic E-state index is 4.47. The van der Waals surface area contributed by atoms with Crippen LogP contribution >= 0.6 is 0 Å². The summed E-state index contributed by atoms with van der Waals surface area (Å²) in [4.78, 5) is 2.18. The first kappa shape index (κ1) is 7.98. The van der Waals surface area contributed by atoms with Gasteiger partial charge in [0.2, 0.25) is 0 Å². The van der Waals surface area contributed by atoms with E-state index in [9.17, 15) is 0 Å². The molecule has 1 heterocycles. The van der Waals surface area contributed by atoms with Crippen LogP contribution in [0.25, 0.3) is 0 Å². The van der Waals surface area contributed by atoms with E-state index in [0.717, 1.165) is 26.2 Å². The number of nitrogens with zero attached hydrogens (tertiary/aromatic N) is 2. The number of hydrogen-bond acceptors (Lipinski definition) is 2. The predicted molar refractivity (Wildman–Crippen MR) is 42.2 cm³/mol. The second-order valence-electron chi connectivity index (χ2n) is 3.03. The summed E-state index contributed by atoms with van der Waals surface area (Å²) in [5, 5.41) is 7.79. The van der Waals surface area contributed by atoms with E-state index in [1.165, 1.54) is 0 Å². The molecule has 1 atom stereocenters. The molecule has 10 heavy (non-hydrogen) atoms. The Morgan fingerprint density at radius 2 is 2.40 bits per heavy atom. The Kier molecular flexibility index (Phi) is 3.12. The van der Waals surface area contributed by atoms with Crippen molar-refractivity contribution in [3.63, 3.8) is 0 Å². The zero-order chi connectivity index (χ0) is 7.40. The largest absolute Gasteiger partial charge is 0.314 e. The van der Waals surface area contributed by atoms with Crippen LogP contribution in [0.3, 0.4) is 0 Å². The molecule has 0 aromatic rings. The molecule has 3 heteroatoms. The second-order valence-corrected chi connectivity index (χ2v) is 3.03. The van der Waals surface area contributed by atoms with Crippen LogP contribution in [0, 0.1) is 0 Å². The monoisotopic (exact) mass is 142 g/mol. The van der Waals surface area contributed by atoms with Gasteiger partial charge in [0.15, 0.2) is 0 Å². The summed E-state index contributed by atoms with van der Waals surface area (Å²) in [6.07, 6.45) is 0. The highest BCUT2D eigenvalue weighted by molar-refractivity contribution is 4.76. The molecule has 0 aromatic carbocycles. The second kappa shape index (κ2) is 3.91. The van der Waals surface area contributed by atoms with Crippen LogP contribution in [0.2, 0.25) is 0 Å². The van der Waals surface area contributed by atoms with Gasteiger partial charge in [-0.1, -0.05) is 0 Å². The van der Waals surface area contributed by atoms with Crippen LogP contribution < -0.4 is 10.6 Å². The molecule has 0 spiro atoms. The van der Waals surface area contributed by atoms with E-state index >= 15 is 0 Å². The molecule has 0 bridgehead atoms. The summed E-state index contributed by atoms with van der Waals surface area (Å²) >= 11 is 0. The van der Waals surface area contributed by atoms with Gasteiger partial charge in [-0.15, -0.1) is 0 Å². The molecule has 0 aliphatic carbocycles. The highest BCUT2D eigenvalue weighted by atomic mass is 15.1. The topological polar surface area (TPSA) is 29.4 Å². The minimum Gasteiger partial charge on any atom is -0.314 e. The lowest BCUT2D eigenvalue weighted by molar-refractivity contribution is 0.304. The summed E-state index contributed by atoms with van der Waals surface area (Å²) in [5.74, 6) is 0. The van der Waals surface area contributed by atoms with Gasteiger partial charge in [0.05, 0.1) is 0 Å². The average Bonchev–Trinajstić information content (AvgIpc) is 1.88. The average molecular weight is 142 g/mol. The van der Waals surface area contributed by atoms with Crippen molar-refractivity contribution in [2.45, 2.75) is 6.04 Å². The first-order valence-electron chi connectivity index (χ1n) is 3.81. The van der Waals surface area contributed by atoms with Crippen molar-refractivity contribution < 1.29 is 0 Å². The highest BCUT2D eigenvalue weighted by Crippen LogP contribution is 1.90. The summed E-state index contributed by atoms with van der Waals surface area (Å²) in [7, 11) is 4.17. The first-order chi connectivity index (χ1) is 4.79. The first-order valence-corrected chi connectivity index (χ1v) is 3.81. The number of hydrogen-bond donors (Lipinski definition) is 1. The summed E-state index contributed by atoms with van der Waals surface area (Å²) < 4.78 is 0. The number of nitrogens with one attached hydrogen (secondary N) is 1. The molecule has 3 nitrogen and oxygen atoms in total. The van der Waals surface area contributed by atoms with Crippen LogP contribution in [0.15, 0.2) is 0 Å². The molecule has 0 saturated carbocycles. The Balaban J connectivity index is 2.13. The molecular formula is C7H16N3. The molecule has 0 amide bonds. The minimum atomic E-state index is 0.517. The van der Waals surface area contributed by atoms with Crippen LogP contribution in [-0.4, -0.2) is 51.2 Å². The highest BCUT2D eigenvalue weighted by Gasteiger charge is 2.12. The SMILES string of the molecule is CN(C)CC1CNCC[N]1. The van der Waals surface area contributed by atoms with Crippen molar-refractivity contribution in [3.05, 3.63) is 0 Å². The molecule has 1 saturated heterocycles. The Morgan fingerprint density at radius 1 is 1.60 bits per heavy atom. The zero-order valence-corrected chi connectivity index (χ0v) is 6.80. The van der Waals surface area contributed by atoms with E-state index in [4.69, 9.17) is 0 Å². The Labute approximate surface area is 62.8 Å². The lowest BCUT2D eigenvalue weighted by Crippen LogP contribution is -2.48. The Hall–Kier alpha value is -0.120. The molecule has 1 rings (SSSR count). The fourth-order valence-corrected chi connectivity index (χ4v) is 1.20. The van der Waals surface area contributed by atoms with Gasteiger partial charge < -0.3 is 10.2 Å². The lowest BCUT2D eigenvalue weighted by Gasteiger charge is -2.25. The van der Waals surface area contributed by atoms with Crippen LogP contribution in [0.5, 0.6) is 0 Å². The number of likely N-dealkylation sites (N-methyl/N-ethyl adjacent to an activating group) is 1. The maximum absolute atomic E-state index is 4.47. The van der Waals surface area contributed by atoms with Crippen molar-refractivity contribution in [2.24, 2.45) is 0 Å². The fraction of sp³-hybridized carbons (Fsp3) is 1.00. The molecule has 1 aliphatic heterocycles. The van der Waals surface area contributed by atoms with Gasteiger partial charge in [0.1, 0.15) is 0 Å². The maximum Gasteiger partial charge on any atom is 0.0498 e. The number of piperazine rings is 1. The molecular weight excluding hydrogens is 126 g/mol. The lowest BCUT2D eigenvalue weighted by atomic mass is 10.2. The third kappa shape index (κ3) is 2.64. The third-order valence-electron chi connectivity index (χ3n) is 1.63. The molecule has 1 N–H and O–H groups in total. The standard InChI is InChI=1S/C7H16N3/c1-10(2)6-7-5-8-3-4-9-7/h7-8H,3-6H2,1-2H3. The van der Waals surface area contributed by atoms with E-state index in [1.807, 2.05) is 0 Å². The van der Waals surface area contributed by atoms with Gasteiger partial charge in [-0.2, -0.15) is 0 Å². The van der Waals surface area contributed by atoms with Gasteiger partial charge in [-0.05, 0) is 14.1 Å². The summed E-state index contributed by atoms with van der Waals surface area (Å²) in [5.41, 5.74) is 0. The normalized spacial score (nSPS) is 27.3. The van der Waals surface area contributed by atoms with Crippen LogP contribution in [0.4, 0.5) is 0 Å². The smallest absolute Gasteiger partial charge is 0.0498 e. The van der Waals surface area contributed by atoms with E-state index in [-0.39, 0.29) is 0 Å². The van der Waals surface area contributed by atoms with Gasteiger partial charge in [-0.25, -0.2) is 5.32 Å². The zero-order valence-electron chi connectivity index (χ0n) is 6.80. The quantitative estimate of drug-likeness (QED) is 0.543. The van der Waals surface area contributed by atoms with Crippen molar-refractivity contribution >= 4 is 0 Å². The molecule has 1 fully saturated rings. The van der Waals surface area contributed by atoms with Crippen LogP contribution in [0.1, 0.15) is 0 Å².